The number of hydrogen-bond donors (Lipinski definition) is 1. The van der Waals surface area contributed by atoms with Crippen LogP contribution in [0.3, 0.4) is 0 Å². The Morgan fingerprint density at radius 2 is 2.38 bits per heavy atom. The summed E-state index contributed by atoms with van der Waals surface area (Å²) in [7, 11) is 0. The van der Waals surface area contributed by atoms with Gasteiger partial charge in [-0.25, -0.2) is 0 Å². The van der Waals surface area contributed by atoms with E-state index in [-0.39, 0.29) is 5.92 Å². The van der Waals surface area contributed by atoms with E-state index in [4.69, 9.17) is 16.7 Å². The second-order valence-electron chi connectivity index (χ2n) is 1.86. The molecule has 0 aliphatic heterocycles. The maximum atomic E-state index is 10.1. The van der Waals surface area contributed by atoms with E-state index < -0.39 is 9.75 Å². The first-order chi connectivity index (χ1) is 3.54. The van der Waals surface area contributed by atoms with Gasteiger partial charge in [0.2, 0.25) is 0 Å². The third-order valence-electron chi connectivity index (χ3n) is 1.12. The highest BCUT2D eigenvalue weighted by Gasteiger charge is 2.56. The summed E-state index contributed by atoms with van der Waals surface area (Å²) in [4.78, 5) is 10.1. The molecule has 2 nitrogen and oxygen atoms in total. The van der Waals surface area contributed by atoms with Crippen molar-refractivity contribution in [3.8, 4) is 0 Å². The fourth-order valence-corrected chi connectivity index (χ4v) is 1.25. The van der Waals surface area contributed by atoms with Crippen LogP contribution < -0.4 is 0 Å². The molecule has 0 saturated heterocycles. The lowest BCUT2D eigenvalue weighted by atomic mass is 10.4. The number of hydrogen-bond acceptors (Lipinski definition) is 1. The number of halogens is 2. The van der Waals surface area contributed by atoms with Gasteiger partial charge in [0.05, 0.1) is 5.92 Å². The molecule has 2 unspecified atom stereocenters. The lowest BCUT2D eigenvalue weighted by Crippen LogP contribution is -2.02. The van der Waals surface area contributed by atoms with E-state index in [0.717, 1.165) is 0 Å². The van der Waals surface area contributed by atoms with Crippen LogP contribution in [0.4, 0.5) is 0 Å². The molecule has 0 aromatic heterocycles. The molecule has 1 fully saturated rings. The van der Waals surface area contributed by atoms with Gasteiger partial charge in [-0.15, -0.1) is 11.6 Å². The third kappa shape index (κ3) is 0.977. The molecule has 0 bridgehead atoms. The van der Waals surface area contributed by atoms with Gasteiger partial charge in [-0.2, -0.15) is 0 Å². The van der Waals surface area contributed by atoms with Crippen LogP contribution in [0.25, 0.3) is 0 Å². The van der Waals surface area contributed by atoms with Crippen molar-refractivity contribution in [2.75, 3.05) is 0 Å². The van der Waals surface area contributed by atoms with Gasteiger partial charge >= 0.3 is 5.97 Å². The van der Waals surface area contributed by atoms with Crippen LogP contribution in [-0.4, -0.2) is 14.9 Å². The Morgan fingerprint density at radius 3 is 2.38 bits per heavy atom. The molecular weight excluding hydrogens is 195 g/mol. The normalized spacial score (nSPS) is 44.0. The lowest BCUT2D eigenvalue weighted by Gasteiger charge is -1.89. The van der Waals surface area contributed by atoms with Gasteiger partial charge in [0.15, 0.2) is 0 Å². The minimum absolute atomic E-state index is 0.385. The molecular formula is C4H4BrClO2. The first kappa shape index (κ1) is 6.36. The van der Waals surface area contributed by atoms with Gasteiger partial charge in [-0.1, -0.05) is 15.9 Å². The molecule has 46 valence electrons. The van der Waals surface area contributed by atoms with E-state index in [9.17, 15) is 4.79 Å². The van der Waals surface area contributed by atoms with E-state index in [1.165, 1.54) is 0 Å². The summed E-state index contributed by atoms with van der Waals surface area (Å²) >= 11 is 8.58. The number of alkyl halides is 2. The van der Waals surface area contributed by atoms with E-state index in [0.29, 0.717) is 6.42 Å². The largest absolute Gasteiger partial charge is 0.481 e. The summed E-state index contributed by atoms with van der Waals surface area (Å²) in [5, 5.41) is 8.27. The predicted octanol–water partition coefficient (Wildman–Crippen LogP) is 1.42. The highest BCUT2D eigenvalue weighted by Crippen LogP contribution is 2.54. The predicted molar refractivity (Wildman–Crippen MR) is 33.3 cm³/mol. The zero-order chi connectivity index (χ0) is 6.36. The van der Waals surface area contributed by atoms with Crippen molar-refractivity contribution >= 4 is 33.5 Å². The fraction of sp³-hybridized carbons (Fsp3) is 0.750. The van der Waals surface area contributed by atoms with Gasteiger partial charge < -0.3 is 5.11 Å². The Kier molecular flexibility index (Phi) is 1.28. The number of rotatable bonds is 1. The average Bonchev–Trinajstić information content (AvgIpc) is 2.13. The maximum Gasteiger partial charge on any atom is 0.309 e. The van der Waals surface area contributed by atoms with Gasteiger partial charge in [0.25, 0.3) is 0 Å². The summed E-state index contributed by atoms with van der Waals surface area (Å²) in [6.45, 7) is 0. The minimum Gasteiger partial charge on any atom is -0.481 e. The number of aliphatic carboxylic acids is 1. The zero-order valence-corrected chi connectivity index (χ0v) is 6.24. The molecule has 8 heavy (non-hydrogen) atoms. The Bertz CT molecular complexity index is 134. The molecule has 0 heterocycles. The summed E-state index contributed by atoms with van der Waals surface area (Å²) in [5.41, 5.74) is 0. The van der Waals surface area contributed by atoms with Gasteiger partial charge in [-0.3, -0.25) is 4.79 Å². The molecule has 1 N–H and O–H groups in total. The van der Waals surface area contributed by atoms with Crippen LogP contribution in [0.15, 0.2) is 0 Å². The number of carboxylic acid groups (broad SMARTS) is 1. The molecule has 0 amide bonds. The van der Waals surface area contributed by atoms with Crippen LogP contribution >= 0.6 is 27.5 Å². The molecule has 1 aliphatic carbocycles. The fourth-order valence-electron chi connectivity index (χ4n) is 0.481. The highest BCUT2D eigenvalue weighted by molar-refractivity contribution is 9.10. The molecule has 0 spiro atoms. The van der Waals surface area contributed by atoms with Crippen molar-refractivity contribution in [3.05, 3.63) is 0 Å². The standard InChI is InChI=1S/C4H4BrClO2/c5-4(6)1-2(4)3(7)8/h2H,1H2,(H,7,8). The first-order valence-corrected chi connectivity index (χ1v) is 3.32. The summed E-state index contributed by atoms with van der Waals surface area (Å²) < 4.78 is -0.626. The molecule has 0 aromatic rings. The molecule has 0 aromatic carbocycles. The van der Waals surface area contributed by atoms with Crippen molar-refractivity contribution in [1.82, 2.24) is 0 Å². The maximum absolute atomic E-state index is 10.1. The Labute approximate surface area is 60.0 Å². The van der Waals surface area contributed by atoms with Crippen molar-refractivity contribution in [2.45, 2.75) is 10.2 Å². The van der Waals surface area contributed by atoms with Gasteiger partial charge in [0, 0.05) is 0 Å². The second kappa shape index (κ2) is 1.61. The smallest absolute Gasteiger partial charge is 0.309 e. The SMILES string of the molecule is O=C(O)C1CC1(Cl)Br. The average molecular weight is 199 g/mol. The van der Waals surface area contributed by atoms with E-state index in [1.54, 1.807) is 0 Å². The Morgan fingerprint density at radius 1 is 2.00 bits per heavy atom. The minimum atomic E-state index is -0.822. The van der Waals surface area contributed by atoms with Gasteiger partial charge in [0.1, 0.15) is 3.78 Å². The van der Waals surface area contributed by atoms with E-state index in [1.807, 2.05) is 0 Å². The summed E-state index contributed by atoms with van der Waals surface area (Å²) in [5.74, 6) is -1.21. The summed E-state index contributed by atoms with van der Waals surface area (Å²) in [6, 6.07) is 0. The Balaban J connectivity index is 2.48. The van der Waals surface area contributed by atoms with Crippen molar-refractivity contribution < 1.29 is 9.90 Å². The molecule has 0 radical (unpaired) electrons. The molecule has 1 aliphatic rings. The quantitative estimate of drug-likeness (QED) is 0.649. The molecule has 4 heteroatoms. The second-order valence-corrected chi connectivity index (χ2v) is 4.40. The third-order valence-corrected chi connectivity index (χ3v) is 2.42. The van der Waals surface area contributed by atoms with Crippen LogP contribution in [0.5, 0.6) is 0 Å². The monoisotopic (exact) mass is 198 g/mol. The first-order valence-electron chi connectivity index (χ1n) is 2.14. The van der Waals surface area contributed by atoms with Crippen molar-refractivity contribution in [1.29, 1.82) is 0 Å². The molecule has 1 saturated carbocycles. The van der Waals surface area contributed by atoms with Crippen LogP contribution in [0.2, 0.25) is 0 Å². The topological polar surface area (TPSA) is 37.3 Å². The lowest BCUT2D eigenvalue weighted by molar-refractivity contribution is -0.138. The number of carbonyl (C=O) groups is 1. The van der Waals surface area contributed by atoms with Crippen LogP contribution in [0, 0.1) is 5.92 Å². The van der Waals surface area contributed by atoms with E-state index in [2.05, 4.69) is 15.9 Å². The highest BCUT2D eigenvalue weighted by atomic mass is 79.9. The molecule has 1 rings (SSSR count). The summed E-state index contributed by atoms with van der Waals surface area (Å²) in [6.07, 6.45) is 0.532. The van der Waals surface area contributed by atoms with Crippen LogP contribution in [0.1, 0.15) is 6.42 Å². The van der Waals surface area contributed by atoms with E-state index >= 15 is 0 Å². The zero-order valence-electron chi connectivity index (χ0n) is 3.90. The van der Waals surface area contributed by atoms with Crippen molar-refractivity contribution in [3.63, 3.8) is 0 Å². The number of carboxylic acids is 1. The van der Waals surface area contributed by atoms with Crippen molar-refractivity contribution in [2.24, 2.45) is 5.92 Å². The molecule has 2 atom stereocenters. The van der Waals surface area contributed by atoms with Crippen LogP contribution in [-0.2, 0) is 4.79 Å². The van der Waals surface area contributed by atoms with Gasteiger partial charge in [-0.05, 0) is 6.42 Å². The Hall–Kier alpha value is 0.240.